The Morgan fingerprint density at radius 2 is 1.95 bits per heavy atom. The van der Waals surface area contributed by atoms with Crippen molar-refractivity contribution >= 4 is 10.0 Å². The molecule has 0 radical (unpaired) electrons. The smallest absolute Gasteiger partial charge is 0.211 e. The molecule has 1 saturated carbocycles. The zero-order valence-corrected chi connectivity index (χ0v) is 14.0. The van der Waals surface area contributed by atoms with Crippen LogP contribution in [0.1, 0.15) is 26.7 Å². The van der Waals surface area contributed by atoms with Crippen LogP contribution < -0.4 is 10.0 Å². The van der Waals surface area contributed by atoms with E-state index in [-0.39, 0.29) is 11.8 Å². The number of ether oxygens (including phenoxy) is 1. The fraction of sp³-hybridized carbons (Fsp3) is 1.00. The highest BCUT2D eigenvalue weighted by Crippen LogP contribution is 2.45. The predicted molar refractivity (Wildman–Crippen MR) is 83.9 cm³/mol. The maximum Gasteiger partial charge on any atom is 0.211 e. The molecular formula is C14H29N3O3S. The molecule has 0 spiro atoms. The molecule has 1 unspecified atom stereocenters. The molecule has 6 nitrogen and oxygen atoms in total. The second-order valence-electron chi connectivity index (χ2n) is 6.42. The number of morpholine rings is 1. The van der Waals surface area contributed by atoms with Gasteiger partial charge in [0, 0.05) is 38.8 Å². The molecule has 0 amide bonds. The Bertz CT molecular complexity index is 417. The Morgan fingerprint density at radius 3 is 2.52 bits per heavy atom. The van der Waals surface area contributed by atoms with Crippen LogP contribution in [0.5, 0.6) is 0 Å². The zero-order valence-electron chi connectivity index (χ0n) is 13.2. The van der Waals surface area contributed by atoms with Gasteiger partial charge >= 0.3 is 0 Å². The number of nitrogens with zero attached hydrogens (tertiary/aromatic N) is 1. The molecule has 0 aromatic rings. The van der Waals surface area contributed by atoms with Crippen LogP contribution in [0.15, 0.2) is 0 Å². The summed E-state index contributed by atoms with van der Waals surface area (Å²) in [6.45, 7) is 10.0. The second-order valence-corrected chi connectivity index (χ2v) is 8.52. The van der Waals surface area contributed by atoms with Gasteiger partial charge in [-0.1, -0.05) is 0 Å². The third kappa shape index (κ3) is 5.83. The minimum absolute atomic E-state index is 0.140. The summed E-state index contributed by atoms with van der Waals surface area (Å²) < 4.78 is 30.9. The van der Waals surface area contributed by atoms with E-state index in [4.69, 9.17) is 4.74 Å². The van der Waals surface area contributed by atoms with Gasteiger partial charge in [-0.15, -0.1) is 0 Å². The van der Waals surface area contributed by atoms with E-state index in [2.05, 4.69) is 14.9 Å². The van der Waals surface area contributed by atoms with E-state index in [9.17, 15) is 8.42 Å². The molecule has 2 aliphatic rings. The van der Waals surface area contributed by atoms with Crippen molar-refractivity contribution in [2.24, 2.45) is 5.41 Å². The van der Waals surface area contributed by atoms with E-state index in [1.54, 1.807) is 6.92 Å². The van der Waals surface area contributed by atoms with Crippen molar-refractivity contribution in [1.82, 2.24) is 14.9 Å². The van der Waals surface area contributed by atoms with E-state index in [1.807, 2.05) is 6.92 Å². The van der Waals surface area contributed by atoms with E-state index >= 15 is 0 Å². The Kier molecular flexibility index (Phi) is 6.02. The first kappa shape index (κ1) is 17.1. The Balaban J connectivity index is 1.67. The molecular weight excluding hydrogens is 290 g/mol. The lowest BCUT2D eigenvalue weighted by molar-refractivity contribution is 0.0282. The van der Waals surface area contributed by atoms with Crippen molar-refractivity contribution < 1.29 is 13.2 Å². The lowest BCUT2D eigenvalue weighted by Crippen LogP contribution is -2.45. The number of sulfonamides is 1. The molecule has 0 bridgehead atoms. The van der Waals surface area contributed by atoms with Crippen LogP contribution in [-0.2, 0) is 14.8 Å². The third-order valence-electron chi connectivity index (χ3n) is 4.43. The summed E-state index contributed by atoms with van der Waals surface area (Å²) in [7, 11) is -3.09. The van der Waals surface area contributed by atoms with Crippen LogP contribution in [-0.4, -0.2) is 71.0 Å². The van der Waals surface area contributed by atoms with Crippen molar-refractivity contribution in [3.63, 3.8) is 0 Å². The van der Waals surface area contributed by atoms with E-state index in [0.29, 0.717) is 12.0 Å². The highest BCUT2D eigenvalue weighted by molar-refractivity contribution is 7.89. The summed E-state index contributed by atoms with van der Waals surface area (Å²) in [5, 5.41) is 3.49. The standard InChI is InChI=1S/C14H29N3O3S/c1-3-21(18,19)16-10-13(2)15-11-14(4-5-14)12-17-6-8-20-9-7-17/h13,15-16H,3-12H2,1-2H3. The summed E-state index contributed by atoms with van der Waals surface area (Å²) in [5.74, 6) is 0.140. The number of hydrogen-bond acceptors (Lipinski definition) is 5. The maximum atomic E-state index is 11.4. The largest absolute Gasteiger partial charge is 0.379 e. The van der Waals surface area contributed by atoms with Gasteiger partial charge in [-0.25, -0.2) is 13.1 Å². The minimum atomic E-state index is -3.09. The Hall–Kier alpha value is -0.210. The second kappa shape index (κ2) is 7.37. The molecule has 1 saturated heterocycles. The number of hydrogen-bond donors (Lipinski definition) is 2. The van der Waals surface area contributed by atoms with Gasteiger partial charge < -0.3 is 10.1 Å². The van der Waals surface area contributed by atoms with Crippen molar-refractivity contribution in [3.05, 3.63) is 0 Å². The first-order chi connectivity index (χ1) is 9.95. The van der Waals surface area contributed by atoms with Gasteiger partial charge in [0.05, 0.1) is 19.0 Å². The summed E-state index contributed by atoms with van der Waals surface area (Å²) in [6, 6.07) is 0.161. The number of rotatable bonds is 9. The van der Waals surface area contributed by atoms with Crippen molar-refractivity contribution in [1.29, 1.82) is 0 Å². The fourth-order valence-electron chi connectivity index (χ4n) is 2.62. The summed E-state index contributed by atoms with van der Waals surface area (Å²) in [6.07, 6.45) is 2.54. The monoisotopic (exact) mass is 319 g/mol. The van der Waals surface area contributed by atoms with Crippen molar-refractivity contribution in [3.8, 4) is 0 Å². The van der Waals surface area contributed by atoms with Crippen LogP contribution in [0.2, 0.25) is 0 Å². The maximum absolute atomic E-state index is 11.4. The summed E-state index contributed by atoms with van der Waals surface area (Å²) >= 11 is 0. The number of nitrogens with one attached hydrogen (secondary N) is 2. The predicted octanol–water partition coefficient (Wildman–Crippen LogP) is 0.0162. The lowest BCUT2D eigenvalue weighted by atomic mass is 10.1. The molecule has 1 aliphatic heterocycles. The molecule has 0 aromatic carbocycles. The van der Waals surface area contributed by atoms with Gasteiger partial charge in [0.15, 0.2) is 0 Å². The quantitative estimate of drug-likeness (QED) is 0.627. The molecule has 0 aromatic heterocycles. The van der Waals surface area contributed by atoms with Crippen LogP contribution in [0.3, 0.4) is 0 Å². The highest BCUT2D eigenvalue weighted by atomic mass is 32.2. The average molecular weight is 319 g/mol. The van der Waals surface area contributed by atoms with Crippen molar-refractivity contribution in [2.45, 2.75) is 32.7 Å². The van der Waals surface area contributed by atoms with Crippen molar-refractivity contribution in [2.75, 3.05) is 51.7 Å². The zero-order chi connectivity index (χ0) is 15.3. The van der Waals surface area contributed by atoms with Gasteiger partial charge in [0.2, 0.25) is 10.0 Å². The van der Waals surface area contributed by atoms with Gasteiger partial charge in [0.25, 0.3) is 0 Å². The van der Waals surface area contributed by atoms with Gasteiger partial charge in [-0.05, 0) is 32.1 Å². The molecule has 1 atom stereocenters. The van der Waals surface area contributed by atoms with E-state index in [1.165, 1.54) is 12.8 Å². The lowest BCUT2D eigenvalue weighted by Gasteiger charge is -2.31. The van der Waals surface area contributed by atoms with E-state index < -0.39 is 10.0 Å². The van der Waals surface area contributed by atoms with E-state index in [0.717, 1.165) is 39.4 Å². The summed E-state index contributed by atoms with van der Waals surface area (Å²) in [5.41, 5.74) is 0.398. The first-order valence-corrected chi connectivity index (χ1v) is 9.61. The Morgan fingerprint density at radius 1 is 1.29 bits per heavy atom. The van der Waals surface area contributed by atoms with Gasteiger partial charge in [-0.3, -0.25) is 4.90 Å². The molecule has 2 N–H and O–H groups in total. The van der Waals surface area contributed by atoms with Gasteiger partial charge in [0.1, 0.15) is 0 Å². The molecule has 1 aliphatic carbocycles. The minimum Gasteiger partial charge on any atom is -0.379 e. The molecule has 7 heteroatoms. The molecule has 2 fully saturated rings. The SMILES string of the molecule is CCS(=O)(=O)NCC(C)NCC1(CN2CCOCC2)CC1. The van der Waals surface area contributed by atoms with Crippen LogP contribution in [0.4, 0.5) is 0 Å². The third-order valence-corrected chi connectivity index (χ3v) is 5.80. The molecule has 21 heavy (non-hydrogen) atoms. The molecule has 2 rings (SSSR count). The van der Waals surface area contributed by atoms with Crippen LogP contribution in [0, 0.1) is 5.41 Å². The normalized spacial score (nSPS) is 23.9. The topological polar surface area (TPSA) is 70.7 Å². The molecule has 1 heterocycles. The fourth-order valence-corrected chi connectivity index (χ4v) is 3.33. The Labute approximate surface area is 128 Å². The summed E-state index contributed by atoms with van der Waals surface area (Å²) in [4.78, 5) is 2.49. The highest BCUT2D eigenvalue weighted by Gasteiger charge is 2.43. The molecule has 124 valence electrons. The van der Waals surface area contributed by atoms with Gasteiger partial charge in [-0.2, -0.15) is 0 Å². The van der Waals surface area contributed by atoms with Crippen LogP contribution in [0.25, 0.3) is 0 Å². The van der Waals surface area contributed by atoms with Crippen LogP contribution >= 0.6 is 0 Å². The average Bonchev–Trinajstić information content (AvgIpc) is 3.24. The first-order valence-electron chi connectivity index (χ1n) is 7.95.